The van der Waals surface area contributed by atoms with Crippen molar-refractivity contribution >= 4 is 28.6 Å². The van der Waals surface area contributed by atoms with Crippen LogP contribution >= 0.6 is 22.6 Å². The number of halogens is 1. The molecule has 0 unspecified atom stereocenters. The SMILES string of the molecule is Cc1ccc(-n2nnc([C@@H](CCCOCc3ccccc3)CC(=O)OC(C)(C)C)c2I)cc1. The van der Waals surface area contributed by atoms with Gasteiger partial charge in [-0.3, -0.25) is 4.79 Å². The molecule has 0 radical (unpaired) electrons. The Kier molecular flexibility index (Phi) is 9.02. The zero-order valence-electron chi connectivity index (χ0n) is 19.8. The molecule has 1 aromatic heterocycles. The lowest BCUT2D eigenvalue weighted by molar-refractivity contribution is -0.155. The number of ether oxygens (including phenoxy) is 2. The molecular formula is C26H32IN3O3. The van der Waals surface area contributed by atoms with E-state index in [9.17, 15) is 4.79 Å². The fourth-order valence-electron chi connectivity index (χ4n) is 3.50. The fourth-order valence-corrected chi connectivity index (χ4v) is 4.42. The number of hydrogen-bond acceptors (Lipinski definition) is 5. The topological polar surface area (TPSA) is 66.2 Å². The van der Waals surface area contributed by atoms with E-state index in [0.29, 0.717) is 13.2 Å². The molecule has 3 aromatic rings. The highest BCUT2D eigenvalue weighted by molar-refractivity contribution is 14.1. The lowest BCUT2D eigenvalue weighted by Crippen LogP contribution is -2.25. The van der Waals surface area contributed by atoms with Gasteiger partial charge in [-0.2, -0.15) is 0 Å². The third-order valence-corrected chi connectivity index (χ3v) is 6.10. The number of carbonyl (C=O) groups excluding carboxylic acids is 1. The summed E-state index contributed by atoms with van der Waals surface area (Å²) >= 11 is 2.27. The minimum atomic E-state index is -0.521. The van der Waals surface area contributed by atoms with Crippen molar-refractivity contribution in [3.8, 4) is 5.69 Å². The molecule has 0 aliphatic carbocycles. The summed E-state index contributed by atoms with van der Waals surface area (Å²) in [6.07, 6.45) is 1.84. The van der Waals surface area contributed by atoms with E-state index in [1.165, 1.54) is 5.56 Å². The van der Waals surface area contributed by atoms with Gasteiger partial charge in [-0.05, 0) is 80.8 Å². The number of benzene rings is 2. The van der Waals surface area contributed by atoms with Gasteiger partial charge in [0, 0.05) is 12.5 Å². The molecule has 7 heteroatoms. The molecule has 2 aromatic carbocycles. The van der Waals surface area contributed by atoms with E-state index in [-0.39, 0.29) is 18.3 Å². The van der Waals surface area contributed by atoms with Gasteiger partial charge in [-0.25, -0.2) is 4.68 Å². The maximum Gasteiger partial charge on any atom is 0.306 e. The van der Waals surface area contributed by atoms with E-state index in [1.54, 1.807) is 0 Å². The molecule has 0 amide bonds. The minimum Gasteiger partial charge on any atom is -0.460 e. The molecule has 0 aliphatic heterocycles. The van der Waals surface area contributed by atoms with Crippen LogP contribution in [0, 0.1) is 10.6 Å². The summed E-state index contributed by atoms with van der Waals surface area (Å²) in [5.74, 6) is -0.315. The molecule has 0 N–H and O–H groups in total. The highest BCUT2D eigenvalue weighted by Gasteiger charge is 2.26. The van der Waals surface area contributed by atoms with Crippen molar-refractivity contribution < 1.29 is 14.3 Å². The van der Waals surface area contributed by atoms with Gasteiger partial charge in [0.05, 0.1) is 18.7 Å². The Bertz CT molecular complexity index is 1030. The van der Waals surface area contributed by atoms with E-state index in [4.69, 9.17) is 9.47 Å². The molecular weight excluding hydrogens is 529 g/mol. The van der Waals surface area contributed by atoms with E-state index in [0.717, 1.165) is 33.5 Å². The van der Waals surface area contributed by atoms with Crippen LogP contribution in [0.25, 0.3) is 5.69 Å². The fraction of sp³-hybridized carbons (Fsp3) is 0.423. The van der Waals surface area contributed by atoms with E-state index >= 15 is 0 Å². The van der Waals surface area contributed by atoms with E-state index < -0.39 is 5.60 Å². The first-order valence-electron chi connectivity index (χ1n) is 11.2. The molecule has 0 bridgehead atoms. The minimum absolute atomic E-state index is 0.0914. The third-order valence-electron chi connectivity index (χ3n) is 5.09. The van der Waals surface area contributed by atoms with Crippen LogP contribution in [0.1, 0.15) is 62.8 Å². The van der Waals surface area contributed by atoms with Crippen molar-refractivity contribution in [2.75, 3.05) is 6.61 Å². The number of carbonyl (C=O) groups is 1. The molecule has 0 saturated carbocycles. The predicted octanol–water partition coefficient (Wildman–Crippen LogP) is 5.99. The molecule has 176 valence electrons. The van der Waals surface area contributed by atoms with Crippen LogP contribution in [0.15, 0.2) is 54.6 Å². The Morgan fingerprint density at radius 1 is 1.09 bits per heavy atom. The van der Waals surface area contributed by atoms with Crippen LogP contribution in [-0.4, -0.2) is 33.2 Å². The standard InChI is InChI=1S/C26H32IN3O3/c1-19-12-14-22(15-13-19)30-25(27)24(28-29-30)21(17-23(31)33-26(2,3)4)11-8-16-32-18-20-9-6-5-7-10-20/h5-7,9-10,12-15,21H,8,11,16-18H2,1-4H3/t21-/m0/s1. The van der Waals surface area contributed by atoms with Gasteiger partial charge in [0.1, 0.15) is 15.0 Å². The third kappa shape index (κ3) is 7.92. The second-order valence-corrected chi connectivity index (χ2v) is 10.2. The summed E-state index contributed by atoms with van der Waals surface area (Å²) in [5.41, 5.74) is 3.59. The van der Waals surface area contributed by atoms with E-state index in [2.05, 4.69) is 64.1 Å². The maximum absolute atomic E-state index is 12.6. The first kappa shape index (κ1) is 25.4. The smallest absolute Gasteiger partial charge is 0.306 e. The van der Waals surface area contributed by atoms with Crippen LogP contribution in [-0.2, 0) is 20.9 Å². The van der Waals surface area contributed by atoms with Gasteiger partial charge in [0.25, 0.3) is 0 Å². The average Bonchev–Trinajstić information content (AvgIpc) is 3.14. The summed E-state index contributed by atoms with van der Waals surface area (Å²) in [6, 6.07) is 18.3. The Balaban J connectivity index is 1.68. The number of rotatable bonds is 10. The Morgan fingerprint density at radius 3 is 2.45 bits per heavy atom. The van der Waals surface area contributed by atoms with Gasteiger partial charge >= 0.3 is 5.97 Å². The lowest BCUT2D eigenvalue weighted by Gasteiger charge is -2.22. The molecule has 0 aliphatic rings. The summed E-state index contributed by atoms with van der Waals surface area (Å²) in [4.78, 5) is 12.6. The average molecular weight is 561 g/mol. The molecule has 6 nitrogen and oxygen atoms in total. The van der Waals surface area contributed by atoms with Crippen molar-refractivity contribution in [2.45, 2.75) is 65.1 Å². The number of esters is 1. The maximum atomic E-state index is 12.6. The molecule has 1 heterocycles. The second-order valence-electron chi connectivity index (χ2n) is 9.18. The second kappa shape index (κ2) is 11.7. The van der Waals surface area contributed by atoms with Gasteiger partial charge in [-0.15, -0.1) is 5.10 Å². The number of hydrogen-bond donors (Lipinski definition) is 0. The van der Waals surface area contributed by atoms with Crippen molar-refractivity contribution in [1.82, 2.24) is 15.0 Å². The van der Waals surface area contributed by atoms with Gasteiger partial charge in [0.15, 0.2) is 0 Å². The summed E-state index contributed by atoms with van der Waals surface area (Å²) < 4.78 is 14.2. The van der Waals surface area contributed by atoms with Gasteiger partial charge < -0.3 is 9.47 Å². The quantitative estimate of drug-likeness (QED) is 0.173. The largest absolute Gasteiger partial charge is 0.460 e. The normalized spacial score (nSPS) is 12.5. The number of aryl methyl sites for hydroxylation is 1. The summed E-state index contributed by atoms with van der Waals surface area (Å²) in [6.45, 7) is 8.90. The predicted molar refractivity (Wildman–Crippen MR) is 137 cm³/mol. The molecule has 0 saturated heterocycles. The monoisotopic (exact) mass is 561 g/mol. The number of nitrogens with zero attached hydrogens (tertiary/aromatic N) is 3. The molecule has 33 heavy (non-hydrogen) atoms. The molecule has 0 fully saturated rings. The highest BCUT2D eigenvalue weighted by atomic mass is 127. The Hall–Kier alpha value is -2.26. The van der Waals surface area contributed by atoms with Crippen LogP contribution in [0.4, 0.5) is 0 Å². The van der Waals surface area contributed by atoms with Crippen molar-refractivity contribution in [3.63, 3.8) is 0 Å². The molecule has 1 atom stereocenters. The van der Waals surface area contributed by atoms with Gasteiger partial charge in [0.2, 0.25) is 0 Å². The van der Waals surface area contributed by atoms with Crippen molar-refractivity contribution in [3.05, 3.63) is 75.1 Å². The van der Waals surface area contributed by atoms with Crippen LogP contribution in [0.5, 0.6) is 0 Å². The first-order valence-corrected chi connectivity index (χ1v) is 12.3. The lowest BCUT2D eigenvalue weighted by atomic mass is 9.96. The van der Waals surface area contributed by atoms with Crippen LogP contribution < -0.4 is 0 Å². The van der Waals surface area contributed by atoms with Gasteiger partial charge in [-0.1, -0.05) is 53.2 Å². The zero-order chi connectivity index (χ0) is 23.8. The molecule has 3 rings (SSSR count). The molecule has 0 spiro atoms. The number of aromatic nitrogens is 3. The zero-order valence-corrected chi connectivity index (χ0v) is 21.9. The van der Waals surface area contributed by atoms with E-state index in [1.807, 2.05) is 55.8 Å². The van der Waals surface area contributed by atoms with Crippen molar-refractivity contribution in [1.29, 1.82) is 0 Å². The highest BCUT2D eigenvalue weighted by Crippen LogP contribution is 2.29. The summed E-state index contributed by atoms with van der Waals surface area (Å²) in [7, 11) is 0. The summed E-state index contributed by atoms with van der Waals surface area (Å²) in [5, 5.41) is 8.85. The van der Waals surface area contributed by atoms with Crippen LogP contribution in [0.3, 0.4) is 0 Å². The first-order chi connectivity index (χ1) is 15.7. The Morgan fingerprint density at radius 2 is 1.79 bits per heavy atom. The Labute approximate surface area is 209 Å². The van der Waals surface area contributed by atoms with Crippen LogP contribution in [0.2, 0.25) is 0 Å². The van der Waals surface area contributed by atoms with Crippen molar-refractivity contribution in [2.24, 2.45) is 0 Å².